The van der Waals surface area contributed by atoms with Crippen molar-refractivity contribution in [2.75, 3.05) is 18.6 Å². The Labute approximate surface area is 241 Å². The molecule has 2 aromatic carbocycles. The lowest BCUT2D eigenvalue weighted by Gasteiger charge is -2.45. The van der Waals surface area contributed by atoms with Crippen LogP contribution in [0.3, 0.4) is 0 Å². The Balaban J connectivity index is 1.53. The molecule has 2 fully saturated rings. The van der Waals surface area contributed by atoms with Crippen LogP contribution in [0.25, 0.3) is 11.3 Å². The number of amides is 1. The molecule has 3 N–H and O–H groups in total. The number of carbonyl (C=O) groups excluding carboxylic acids is 1. The van der Waals surface area contributed by atoms with E-state index < -0.39 is 72.6 Å². The summed E-state index contributed by atoms with van der Waals surface area (Å²) < 4.78 is 54.7. The molecular formula is C27H28BrF3N4O6. The van der Waals surface area contributed by atoms with Crippen LogP contribution in [-0.2, 0) is 14.3 Å². The van der Waals surface area contributed by atoms with Crippen molar-refractivity contribution in [2.24, 2.45) is 0 Å². The van der Waals surface area contributed by atoms with E-state index in [4.69, 9.17) is 9.47 Å². The van der Waals surface area contributed by atoms with E-state index in [0.717, 1.165) is 16.8 Å². The highest BCUT2D eigenvalue weighted by Gasteiger charge is 2.52. The topological polar surface area (TPSA) is 130 Å². The number of ether oxygens (including phenoxy) is 2. The third-order valence-electron chi connectivity index (χ3n) is 7.58. The molecule has 1 saturated carbocycles. The van der Waals surface area contributed by atoms with E-state index in [1.165, 1.54) is 18.2 Å². The van der Waals surface area contributed by atoms with Crippen LogP contribution in [0.15, 0.2) is 47.1 Å². The average molecular weight is 641 g/mol. The first kappa shape index (κ1) is 29.6. The van der Waals surface area contributed by atoms with Crippen LogP contribution in [0, 0.1) is 17.5 Å². The van der Waals surface area contributed by atoms with Gasteiger partial charge in [-0.3, -0.25) is 4.79 Å². The average Bonchev–Trinajstić information content (AvgIpc) is 3.61. The molecule has 10 nitrogen and oxygen atoms in total. The zero-order valence-corrected chi connectivity index (χ0v) is 23.4. The van der Waals surface area contributed by atoms with E-state index >= 15 is 0 Å². The summed E-state index contributed by atoms with van der Waals surface area (Å²) in [6.07, 6.45) is -3.00. The zero-order chi connectivity index (χ0) is 29.4. The molecule has 0 radical (unpaired) electrons. The number of nitrogens with zero attached hydrogens (tertiary/aromatic N) is 4. The van der Waals surface area contributed by atoms with Gasteiger partial charge in [-0.1, -0.05) is 27.2 Å². The maximum absolute atomic E-state index is 14.3. The molecule has 0 spiro atoms. The fourth-order valence-electron chi connectivity index (χ4n) is 5.58. The lowest BCUT2D eigenvalue weighted by molar-refractivity contribution is -0.211. The van der Waals surface area contributed by atoms with Gasteiger partial charge >= 0.3 is 0 Å². The Kier molecular flexibility index (Phi) is 8.78. The normalized spacial score (nSPS) is 28.1. The summed E-state index contributed by atoms with van der Waals surface area (Å²) >= 11 is 3.42. The van der Waals surface area contributed by atoms with Crippen molar-refractivity contribution in [1.82, 2.24) is 15.0 Å². The summed E-state index contributed by atoms with van der Waals surface area (Å²) in [5.74, 6) is -5.03. The molecule has 2 heterocycles. The number of aromatic nitrogens is 3. The Bertz CT molecular complexity index is 1390. The summed E-state index contributed by atoms with van der Waals surface area (Å²) in [6, 6.07) is 6.80. The zero-order valence-electron chi connectivity index (χ0n) is 21.8. The lowest BCUT2D eigenvalue weighted by Crippen LogP contribution is -2.62. The van der Waals surface area contributed by atoms with Gasteiger partial charge in [0.15, 0.2) is 23.6 Å². The number of benzene rings is 2. The highest BCUT2D eigenvalue weighted by Crippen LogP contribution is 2.37. The van der Waals surface area contributed by atoms with Gasteiger partial charge in [-0.25, -0.2) is 17.9 Å². The van der Waals surface area contributed by atoms with Crippen LogP contribution < -0.4 is 4.90 Å². The van der Waals surface area contributed by atoms with Gasteiger partial charge < -0.3 is 29.7 Å². The predicted octanol–water partition coefficient (Wildman–Crippen LogP) is 2.75. The summed E-state index contributed by atoms with van der Waals surface area (Å²) in [4.78, 5) is 15.7. The molecule has 1 saturated heterocycles. The number of hydrogen-bond donors (Lipinski definition) is 3. The summed E-state index contributed by atoms with van der Waals surface area (Å²) in [5, 5.41) is 39.8. The minimum atomic E-state index is -1.63. The number of halogens is 4. The van der Waals surface area contributed by atoms with Crippen LogP contribution in [0.1, 0.15) is 25.3 Å². The largest absolute Gasteiger partial charge is 0.394 e. The molecule has 2 aliphatic rings. The Morgan fingerprint density at radius 3 is 2.54 bits per heavy atom. The Morgan fingerprint density at radius 2 is 1.93 bits per heavy atom. The lowest BCUT2D eigenvalue weighted by atomic mass is 9.91. The molecule has 5 rings (SSSR count). The maximum atomic E-state index is 14.3. The molecule has 1 amide bonds. The van der Waals surface area contributed by atoms with Crippen LogP contribution >= 0.6 is 15.9 Å². The number of hydrogen-bond acceptors (Lipinski definition) is 8. The number of methoxy groups -OCH3 is 1. The second-order valence-electron chi connectivity index (χ2n) is 10.1. The third kappa shape index (κ3) is 5.64. The van der Waals surface area contributed by atoms with E-state index in [1.54, 1.807) is 24.3 Å². The highest BCUT2D eigenvalue weighted by atomic mass is 79.9. The van der Waals surface area contributed by atoms with Crippen molar-refractivity contribution in [2.45, 2.75) is 61.9 Å². The maximum Gasteiger partial charge on any atom is 0.259 e. The summed E-state index contributed by atoms with van der Waals surface area (Å²) in [7, 11) is 1.31. The van der Waals surface area contributed by atoms with Crippen molar-refractivity contribution >= 4 is 27.5 Å². The Hall–Kier alpha value is -2.88. The number of rotatable bonds is 7. The monoisotopic (exact) mass is 640 g/mol. The summed E-state index contributed by atoms with van der Waals surface area (Å²) in [5.41, 5.74) is 0.357. The van der Waals surface area contributed by atoms with Crippen molar-refractivity contribution in [1.29, 1.82) is 0 Å². The van der Waals surface area contributed by atoms with Crippen molar-refractivity contribution in [3.05, 3.63) is 64.5 Å². The molecule has 1 aliphatic heterocycles. The van der Waals surface area contributed by atoms with Gasteiger partial charge in [-0.2, -0.15) is 0 Å². The minimum Gasteiger partial charge on any atom is -0.394 e. The number of carbonyl (C=O) groups is 1. The molecule has 1 aliphatic carbocycles. The van der Waals surface area contributed by atoms with Crippen LogP contribution in [0.4, 0.5) is 18.9 Å². The molecule has 0 bridgehead atoms. The quantitative estimate of drug-likeness (QED) is 0.336. The van der Waals surface area contributed by atoms with E-state index in [0.29, 0.717) is 29.4 Å². The van der Waals surface area contributed by atoms with Crippen molar-refractivity contribution < 1.29 is 42.8 Å². The first-order valence-corrected chi connectivity index (χ1v) is 13.7. The van der Waals surface area contributed by atoms with Crippen molar-refractivity contribution in [3.8, 4) is 11.3 Å². The molecule has 220 valence electrons. The third-order valence-corrected chi connectivity index (χ3v) is 8.07. The SMILES string of the molecule is CO[C@@H]1[C@@H](n2cc(-c3cc(F)c(F)c(F)c3)nn2)[C@@H](O)[C@@H](CO)O[C@H]1C(=O)N(c1cccc(Br)c1)[C@H]1CCC[C@@H]1O. The molecule has 3 aromatic rings. The molecular weight excluding hydrogens is 613 g/mol. The van der Waals surface area contributed by atoms with Gasteiger partial charge in [-0.15, -0.1) is 5.10 Å². The number of anilines is 1. The molecule has 14 heteroatoms. The van der Waals surface area contributed by atoms with Gasteiger partial charge in [0, 0.05) is 22.8 Å². The molecule has 1 aromatic heterocycles. The van der Waals surface area contributed by atoms with Crippen molar-refractivity contribution in [3.63, 3.8) is 0 Å². The van der Waals surface area contributed by atoms with Gasteiger partial charge in [-0.05, 0) is 49.6 Å². The molecule has 41 heavy (non-hydrogen) atoms. The standard InChI is InChI=1S/C27H28BrF3N4O6/c1-40-25-23(34-11-18(32-33-34)13-8-16(29)22(31)17(30)9-13)24(38)21(12-36)41-26(25)27(39)35(19-6-3-7-20(19)37)15-5-2-4-14(28)10-15/h2,4-5,8-11,19-21,23-26,36-38H,3,6-7,12H2,1H3/t19-,20-,21+,23-,24-,25+,26+/m0/s1. The van der Waals surface area contributed by atoms with Crippen LogP contribution in [0.5, 0.6) is 0 Å². The Morgan fingerprint density at radius 1 is 1.20 bits per heavy atom. The molecule has 7 atom stereocenters. The van der Waals surface area contributed by atoms with Gasteiger partial charge in [0.05, 0.1) is 24.9 Å². The number of aliphatic hydroxyl groups is 3. The first-order chi connectivity index (χ1) is 19.6. The molecule has 0 unspecified atom stereocenters. The van der Waals surface area contributed by atoms with Gasteiger partial charge in [0.2, 0.25) is 0 Å². The summed E-state index contributed by atoms with van der Waals surface area (Å²) in [6.45, 7) is -0.656. The van der Waals surface area contributed by atoms with E-state index in [1.807, 2.05) is 0 Å². The van der Waals surface area contributed by atoms with Gasteiger partial charge in [0.25, 0.3) is 5.91 Å². The van der Waals surface area contributed by atoms with E-state index in [9.17, 15) is 33.3 Å². The number of aliphatic hydroxyl groups excluding tert-OH is 3. The highest BCUT2D eigenvalue weighted by molar-refractivity contribution is 9.10. The second kappa shape index (κ2) is 12.2. The smallest absolute Gasteiger partial charge is 0.259 e. The van der Waals surface area contributed by atoms with E-state index in [-0.39, 0.29) is 11.3 Å². The minimum absolute atomic E-state index is 0.0374. The van der Waals surface area contributed by atoms with E-state index in [2.05, 4.69) is 26.2 Å². The van der Waals surface area contributed by atoms with Gasteiger partial charge in [0.1, 0.15) is 30.0 Å². The van der Waals surface area contributed by atoms with Crippen LogP contribution in [-0.4, -0.2) is 86.5 Å². The second-order valence-corrected chi connectivity index (χ2v) is 11.0. The van der Waals surface area contributed by atoms with Crippen LogP contribution in [0.2, 0.25) is 0 Å². The fraction of sp³-hybridized carbons (Fsp3) is 0.444. The first-order valence-electron chi connectivity index (χ1n) is 12.9. The predicted molar refractivity (Wildman–Crippen MR) is 142 cm³/mol. The fourth-order valence-corrected chi connectivity index (χ4v) is 5.97.